The zero-order chi connectivity index (χ0) is 50.6. The van der Waals surface area contributed by atoms with Gasteiger partial charge in [-0.05, 0) is 121 Å². The van der Waals surface area contributed by atoms with Crippen molar-refractivity contribution in [1.82, 2.24) is 14.5 Å². The Morgan fingerprint density at radius 3 is 1.68 bits per heavy atom. The van der Waals surface area contributed by atoms with Gasteiger partial charge in [-0.15, -0.1) is 0 Å². The first-order valence-electron chi connectivity index (χ1n) is 26.2. The summed E-state index contributed by atoms with van der Waals surface area (Å²) in [6.45, 7) is 0. The highest BCUT2D eigenvalue weighted by molar-refractivity contribution is 6.30. The van der Waals surface area contributed by atoms with Crippen molar-refractivity contribution in [1.29, 1.82) is 0 Å². The molecule has 0 amide bonds. The van der Waals surface area contributed by atoms with E-state index >= 15 is 0 Å². The second-order valence-electron chi connectivity index (χ2n) is 20.0. The smallest absolute Gasteiger partial charge is 0.160 e. The van der Waals surface area contributed by atoms with Crippen molar-refractivity contribution in [3.8, 4) is 39.6 Å². The maximum Gasteiger partial charge on any atom is 0.160 e. The number of hydrogen-bond acceptors (Lipinski definition) is 4. The molecule has 77 heavy (non-hydrogen) atoms. The monoisotopic (exact) mass is 980 g/mol. The van der Waals surface area contributed by atoms with Crippen molar-refractivity contribution in [3.63, 3.8) is 0 Å². The molecule has 3 heterocycles. The molecule has 0 bridgehead atoms. The number of nitrogens with zero attached hydrogens (tertiary/aromatic N) is 4. The molecular formula is C72H44N4O. The van der Waals surface area contributed by atoms with Gasteiger partial charge in [0.05, 0.1) is 28.1 Å². The third-order valence-corrected chi connectivity index (χ3v) is 15.7. The largest absolute Gasteiger partial charge is 0.454 e. The van der Waals surface area contributed by atoms with Crippen LogP contribution >= 0.6 is 0 Å². The van der Waals surface area contributed by atoms with Gasteiger partial charge in [-0.25, -0.2) is 9.97 Å². The van der Waals surface area contributed by atoms with Crippen LogP contribution in [0.3, 0.4) is 0 Å². The summed E-state index contributed by atoms with van der Waals surface area (Å²) in [6, 6.07) is 95.8. The van der Waals surface area contributed by atoms with Crippen LogP contribution < -0.4 is 4.90 Å². The minimum Gasteiger partial charge on any atom is -0.454 e. The number of anilines is 3. The fraction of sp³-hybridized carbons (Fsp3) is 0. The Morgan fingerprint density at radius 1 is 0.338 bits per heavy atom. The molecule has 0 saturated heterocycles. The van der Waals surface area contributed by atoms with E-state index in [-0.39, 0.29) is 0 Å². The number of para-hydroxylation sites is 1. The molecule has 5 nitrogen and oxygen atoms in total. The fourth-order valence-electron chi connectivity index (χ4n) is 12.2. The lowest BCUT2D eigenvalue weighted by molar-refractivity contribution is 0.671. The van der Waals surface area contributed by atoms with Gasteiger partial charge in [0.2, 0.25) is 0 Å². The third-order valence-electron chi connectivity index (χ3n) is 15.7. The predicted octanol–water partition coefficient (Wildman–Crippen LogP) is 19.7. The predicted molar refractivity (Wildman–Crippen MR) is 322 cm³/mol. The maximum atomic E-state index is 7.32. The molecule has 0 unspecified atom stereocenters. The van der Waals surface area contributed by atoms with Crippen LogP contribution in [0.25, 0.3) is 137 Å². The van der Waals surface area contributed by atoms with Crippen molar-refractivity contribution in [3.05, 3.63) is 267 Å². The quantitative estimate of drug-likeness (QED) is 0.149. The molecule has 16 rings (SSSR count). The van der Waals surface area contributed by atoms with Crippen molar-refractivity contribution < 1.29 is 4.42 Å². The molecule has 0 spiro atoms. The molecule has 0 fully saturated rings. The summed E-state index contributed by atoms with van der Waals surface area (Å²) in [5.74, 6) is 0.677. The van der Waals surface area contributed by atoms with Gasteiger partial charge < -0.3 is 13.9 Å². The van der Waals surface area contributed by atoms with Gasteiger partial charge in [0.1, 0.15) is 5.58 Å². The molecule has 13 aromatic carbocycles. The summed E-state index contributed by atoms with van der Waals surface area (Å²) < 4.78 is 9.73. The zero-order valence-corrected chi connectivity index (χ0v) is 41.6. The fourth-order valence-corrected chi connectivity index (χ4v) is 12.2. The van der Waals surface area contributed by atoms with E-state index in [2.05, 4.69) is 252 Å². The second kappa shape index (κ2) is 17.1. The molecule has 3 aromatic heterocycles. The topological polar surface area (TPSA) is 47.1 Å². The molecule has 0 aliphatic carbocycles. The number of benzene rings is 13. The molecule has 358 valence electrons. The molecule has 0 aliphatic heterocycles. The van der Waals surface area contributed by atoms with Gasteiger partial charge in [-0.3, -0.25) is 0 Å². The standard InChI is InChI=1S/C72H44N4O/c1-4-19-46(20-5-1)64-44-65(74-72(73-64)48-21-6-2-7-22-48)49-24-16-27-51(40-49)76-66-39-36-52(75(50-25-8-3-9-26-50)67-33-17-23-47-35-34-45-18-10-11-28-53(45)69(47)67)41-62(66)58-37-38-59-63-42-60-56-31-14-12-29-54(56)55-30-13-15-32-57(55)61(60)43-68(63)77-71(59)70(58)76/h1-44H. The average Bonchev–Trinajstić information content (AvgIpc) is 4.12. The van der Waals surface area contributed by atoms with E-state index in [1.165, 1.54) is 53.9 Å². The summed E-state index contributed by atoms with van der Waals surface area (Å²) in [6.07, 6.45) is 0. The second-order valence-corrected chi connectivity index (χ2v) is 20.0. The first-order valence-corrected chi connectivity index (χ1v) is 26.2. The number of aromatic nitrogens is 3. The normalized spacial score (nSPS) is 11.9. The molecule has 16 aromatic rings. The van der Waals surface area contributed by atoms with Crippen LogP contribution in [0, 0.1) is 0 Å². The van der Waals surface area contributed by atoms with Crippen LogP contribution in [0.15, 0.2) is 271 Å². The maximum absolute atomic E-state index is 7.32. The Labute approximate surface area is 442 Å². The van der Waals surface area contributed by atoms with Crippen LogP contribution in [0.5, 0.6) is 0 Å². The van der Waals surface area contributed by atoms with Gasteiger partial charge in [0.15, 0.2) is 11.4 Å². The summed E-state index contributed by atoms with van der Waals surface area (Å²) in [5, 5.41) is 16.5. The van der Waals surface area contributed by atoms with Crippen LogP contribution in [0.1, 0.15) is 0 Å². The van der Waals surface area contributed by atoms with Crippen molar-refractivity contribution >= 4 is 115 Å². The number of fused-ring (bicyclic) bond motifs is 16. The highest BCUT2D eigenvalue weighted by Crippen LogP contribution is 2.47. The van der Waals surface area contributed by atoms with Gasteiger partial charge >= 0.3 is 0 Å². The van der Waals surface area contributed by atoms with Gasteiger partial charge in [-0.2, -0.15) is 0 Å². The van der Waals surface area contributed by atoms with Crippen molar-refractivity contribution in [2.45, 2.75) is 0 Å². The molecule has 5 heteroatoms. The van der Waals surface area contributed by atoms with Crippen molar-refractivity contribution in [2.75, 3.05) is 4.90 Å². The number of furan rings is 1. The molecule has 0 aliphatic rings. The van der Waals surface area contributed by atoms with E-state index in [1.54, 1.807) is 0 Å². The van der Waals surface area contributed by atoms with E-state index in [0.717, 1.165) is 94.6 Å². The molecular weight excluding hydrogens is 937 g/mol. The summed E-state index contributed by atoms with van der Waals surface area (Å²) in [4.78, 5) is 12.8. The highest BCUT2D eigenvalue weighted by atomic mass is 16.3. The molecule has 0 N–H and O–H groups in total. The first-order chi connectivity index (χ1) is 38.2. The lowest BCUT2D eigenvalue weighted by atomic mass is 9.93. The molecule has 0 saturated carbocycles. The molecule has 0 radical (unpaired) electrons. The number of rotatable bonds is 7. The van der Waals surface area contributed by atoms with Gasteiger partial charge in [0.25, 0.3) is 0 Å². The lowest BCUT2D eigenvalue weighted by Crippen LogP contribution is -2.10. The van der Waals surface area contributed by atoms with E-state index < -0.39 is 0 Å². The van der Waals surface area contributed by atoms with E-state index in [4.69, 9.17) is 14.4 Å². The Hall–Kier alpha value is -10.4. The third kappa shape index (κ3) is 6.81. The Bertz CT molecular complexity index is 4980. The molecule has 0 atom stereocenters. The van der Waals surface area contributed by atoms with Crippen molar-refractivity contribution in [2.24, 2.45) is 0 Å². The first kappa shape index (κ1) is 43.1. The Morgan fingerprint density at radius 2 is 0.922 bits per heavy atom. The minimum atomic E-state index is 0.677. The Kier molecular flexibility index (Phi) is 9.57. The summed E-state index contributed by atoms with van der Waals surface area (Å²) >= 11 is 0. The zero-order valence-electron chi connectivity index (χ0n) is 41.6. The van der Waals surface area contributed by atoms with E-state index in [1.807, 2.05) is 24.3 Å². The van der Waals surface area contributed by atoms with E-state index in [9.17, 15) is 0 Å². The summed E-state index contributed by atoms with van der Waals surface area (Å²) in [7, 11) is 0. The van der Waals surface area contributed by atoms with Crippen LogP contribution in [-0.2, 0) is 0 Å². The van der Waals surface area contributed by atoms with E-state index in [0.29, 0.717) is 5.82 Å². The minimum absolute atomic E-state index is 0.677. The lowest BCUT2D eigenvalue weighted by Gasteiger charge is -2.27. The van der Waals surface area contributed by atoms with Crippen LogP contribution in [0.2, 0.25) is 0 Å². The van der Waals surface area contributed by atoms with Gasteiger partial charge in [0, 0.05) is 60.7 Å². The van der Waals surface area contributed by atoms with Crippen LogP contribution in [-0.4, -0.2) is 14.5 Å². The van der Waals surface area contributed by atoms with Gasteiger partial charge in [-0.1, -0.05) is 194 Å². The summed E-state index contributed by atoms with van der Waals surface area (Å²) in [5.41, 5.74) is 12.7. The SMILES string of the molecule is c1ccc(-c2cc(-c3cccc(-n4c5ccc(N(c6ccccc6)c6cccc7ccc8ccccc8c67)cc5c5ccc6c7cc8c9ccccc9c9ccccc9c8cc7oc6c54)c3)nc(-c3ccccc3)n2)cc1. The highest BCUT2D eigenvalue weighted by Gasteiger charge is 2.24. The van der Waals surface area contributed by atoms with Crippen LogP contribution in [0.4, 0.5) is 17.1 Å². The average molecular weight is 981 g/mol. The Balaban J connectivity index is 0.975. The number of hydrogen-bond donors (Lipinski definition) is 0.